The highest BCUT2D eigenvalue weighted by Gasteiger charge is 2.12. The first kappa shape index (κ1) is 15.8. The van der Waals surface area contributed by atoms with E-state index in [4.69, 9.17) is 28.3 Å². The Hall–Kier alpha value is -1.26. The molecule has 1 N–H and O–H groups in total. The van der Waals surface area contributed by atoms with Crippen LogP contribution in [0.15, 0.2) is 18.2 Å². The largest absolute Gasteiger partial charge is 0.481 e. The van der Waals surface area contributed by atoms with Crippen LogP contribution in [0.1, 0.15) is 24.8 Å². The Labute approximate surface area is 121 Å². The van der Waals surface area contributed by atoms with Gasteiger partial charge in [0.1, 0.15) is 0 Å². The van der Waals surface area contributed by atoms with Crippen molar-refractivity contribution in [3.63, 3.8) is 0 Å². The molecule has 1 amide bonds. The monoisotopic (exact) mass is 303 g/mol. The second-order valence-corrected chi connectivity index (χ2v) is 5.00. The van der Waals surface area contributed by atoms with Gasteiger partial charge in [-0.1, -0.05) is 35.3 Å². The van der Waals surface area contributed by atoms with Crippen molar-refractivity contribution in [1.29, 1.82) is 0 Å². The molecular formula is C13H15Cl2NO3. The van der Waals surface area contributed by atoms with Gasteiger partial charge in [0.25, 0.3) is 0 Å². The van der Waals surface area contributed by atoms with Gasteiger partial charge in [-0.15, -0.1) is 0 Å². The number of carboxylic acid groups (broad SMARTS) is 1. The van der Waals surface area contributed by atoms with Gasteiger partial charge in [0, 0.05) is 26.4 Å². The third-order valence-corrected chi connectivity index (χ3v) is 3.50. The Morgan fingerprint density at radius 1 is 1.26 bits per heavy atom. The molecule has 6 heteroatoms. The lowest BCUT2D eigenvalue weighted by Crippen LogP contribution is -2.26. The lowest BCUT2D eigenvalue weighted by atomic mass is 10.2. The van der Waals surface area contributed by atoms with Crippen LogP contribution in [0.4, 0.5) is 0 Å². The molecule has 0 atom stereocenters. The van der Waals surface area contributed by atoms with E-state index < -0.39 is 5.97 Å². The Morgan fingerprint density at radius 2 is 1.95 bits per heavy atom. The topological polar surface area (TPSA) is 57.6 Å². The molecule has 0 saturated heterocycles. The van der Waals surface area contributed by atoms with Crippen molar-refractivity contribution in [1.82, 2.24) is 4.90 Å². The molecule has 19 heavy (non-hydrogen) atoms. The SMILES string of the molecule is CN(Cc1cccc(Cl)c1Cl)C(=O)CCCC(=O)O. The van der Waals surface area contributed by atoms with Crippen LogP contribution in [-0.4, -0.2) is 28.9 Å². The zero-order valence-electron chi connectivity index (χ0n) is 10.5. The van der Waals surface area contributed by atoms with Gasteiger partial charge >= 0.3 is 5.97 Å². The van der Waals surface area contributed by atoms with Crippen LogP contribution in [0.5, 0.6) is 0 Å². The number of aliphatic carboxylic acids is 1. The van der Waals surface area contributed by atoms with Gasteiger partial charge < -0.3 is 10.0 Å². The number of benzene rings is 1. The fraction of sp³-hybridized carbons (Fsp3) is 0.385. The van der Waals surface area contributed by atoms with Crippen molar-refractivity contribution >= 4 is 35.1 Å². The van der Waals surface area contributed by atoms with Crippen molar-refractivity contribution in [2.45, 2.75) is 25.8 Å². The molecule has 0 bridgehead atoms. The molecule has 0 fully saturated rings. The molecule has 0 aliphatic heterocycles. The molecule has 0 aromatic heterocycles. The molecule has 0 spiro atoms. The third-order valence-electron chi connectivity index (χ3n) is 2.65. The van der Waals surface area contributed by atoms with Crippen LogP contribution in [0.3, 0.4) is 0 Å². The molecular weight excluding hydrogens is 289 g/mol. The summed E-state index contributed by atoms with van der Waals surface area (Å²) in [6.07, 6.45) is 0.542. The minimum absolute atomic E-state index is 0.00248. The zero-order chi connectivity index (χ0) is 14.4. The highest BCUT2D eigenvalue weighted by Crippen LogP contribution is 2.26. The summed E-state index contributed by atoms with van der Waals surface area (Å²) in [4.78, 5) is 23.7. The van der Waals surface area contributed by atoms with E-state index >= 15 is 0 Å². The standard InChI is InChI=1S/C13H15Cl2NO3/c1-16(11(17)6-3-7-12(18)19)8-9-4-2-5-10(14)13(9)15/h2,4-5H,3,6-8H2,1H3,(H,18,19). The fourth-order valence-electron chi connectivity index (χ4n) is 1.60. The van der Waals surface area contributed by atoms with Crippen molar-refractivity contribution in [3.8, 4) is 0 Å². The Bertz CT molecular complexity index is 477. The zero-order valence-corrected chi connectivity index (χ0v) is 12.0. The van der Waals surface area contributed by atoms with Crippen LogP contribution >= 0.6 is 23.2 Å². The summed E-state index contributed by atoms with van der Waals surface area (Å²) in [5.74, 6) is -1.01. The lowest BCUT2D eigenvalue weighted by molar-refractivity contribution is -0.137. The summed E-state index contributed by atoms with van der Waals surface area (Å²) < 4.78 is 0. The van der Waals surface area contributed by atoms with Crippen LogP contribution in [0.25, 0.3) is 0 Å². The van der Waals surface area contributed by atoms with E-state index in [0.29, 0.717) is 23.0 Å². The molecule has 4 nitrogen and oxygen atoms in total. The summed E-state index contributed by atoms with van der Waals surface area (Å²) in [7, 11) is 1.65. The molecule has 1 rings (SSSR count). The molecule has 0 heterocycles. The van der Waals surface area contributed by atoms with E-state index in [0.717, 1.165) is 5.56 Å². The molecule has 0 aliphatic carbocycles. The quantitative estimate of drug-likeness (QED) is 0.878. The van der Waals surface area contributed by atoms with Crippen LogP contribution in [0.2, 0.25) is 10.0 Å². The number of rotatable bonds is 6. The number of amides is 1. The number of carbonyl (C=O) groups excluding carboxylic acids is 1. The van der Waals surface area contributed by atoms with Gasteiger partial charge in [0.2, 0.25) is 5.91 Å². The molecule has 0 saturated carbocycles. The van der Waals surface area contributed by atoms with Crippen LogP contribution in [-0.2, 0) is 16.1 Å². The van der Waals surface area contributed by atoms with Gasteiger partial charge in [-0.25, -0.2) is 0 Å². The summed E-state index contributed by atoms with van der Waals surface area (Å²) >= 11 is 11.9. The number of hydrogen-bond acceptors (Lipinski definition) is 2. The van der Waals surface area contributed by atoms with Gasteiger partial charge in [-0.2, -0.15) is 0 Å². The first-order valence-corrected chi connectivity index (χ1v) is 6.56. The van der Waals surface area contributed by atoms with Gasteiger partial charge in [-0.05, 0) is 18.1 Å². The normalized spacial score (nSPS) is 10.3. The first-order chi connectivity index (χ1) is 8.91. The number of halogens is 2. The Kier molecular flexibility index (Phi) is 6.12. The lowest BCUT2D eigenvalue weighted by Gasteiger charge is -2.18. The number of hydrogen-bond donors (Lipinski definition) is 1. The fourth-order valence-corrected chi connectivity index (χ4v) is 1.98. The van der Waals surface area contributed by atoms with E-state index in [1.807, 2.05) is 0 Å². The van der Waals surface area contributed by atoms with Gasteiger partial charge in [0.15, 0.2) is 0 Å². The average Bonchev–Trinajstić information content (AvgIpc) is 2.34. The van der Waals surface area contributed by atoms with Crippen molar-refractivity contribution in [2.24, 2.45) is 0 Å². The molecule has 104 valence electrons. The predicted octanol–water partition coefficient (Wildman–Crippen LogP) is 3.21. The second kappa shape index (κ2) is 7.36. The Morgan fingerprint density at radius 3 is 2.58 bits per heavy atom. The average molecular weight is 304 g/mol. The molecule has 1 aromatic rings. The predicted molar refractivity (Wildman–Crippen MR) is 74.4 cm³/mol. The molecule has 1 aromatic carbocycles. The summed E-state index contributed by atoms with van der Waals surface area (Å²) in [6, 6.07) is 5.25. The minimum Gasteiger partial charge on any atom is -0.481 e. The highest BCUT2D eigenvalue weighted by molar-refractivity contribution is 6.42. The van der Waals surface area contributed by atoms with E-state index in [9.17, 15) is 9.59 Å². The van der Waals surface area contributed by atoms with Crippen molar-refractivity contribution < 1.29 is 14.7 Å². The molecule has 0 aliphatic rings. The van der Waals surface area contributed by atoms with Crippen LogP contribution in [0, 0.1) is 0 Å². The smallest absolute Gasteiger partial charge is 0.303 e. The summed E-state index contributed by atoms with van der Waals surface area (Å²) in [5.41, 5.74) is 0.767. The first-order valence-electron chi connectivity index (χ1n) is 5.80. The maximum Gasteiger partial charge on any atom is 0.303 e. The molecule has 0 unspecified atom stereocenters. The maximum atomic E-state index is 11.8. The summed E-state index contributed by atoms with van der Waals surface area (Å²) in [5, 5.41) is 9.40. The minimum atomic E-state index is -0.895. The molecule has 0 radical (unpaired) electrons. The highest BCUT2D eigenvalue weighted by atomic mass is 35.5. The third kappa shape index (κ3) is 5.09. The maximum absolute atomic E-state index is 11.8. The van der Waals surface area contributed by atoms with E-state index in [2.05, 4.69) is 0 Å². The summed E-state index contributed by atoms with van der Waals surface area (Å²) in [6.45, 7) is 0.352. The number of carbonyl (C=O) groups is 2. The van der Waals surface area contributed by atoms with E-state index in [-0.39, 0.29) is 18.7 Å². The number of nitrogens with zero attached hydrogens (tertiary/aromatic N) is 1. The van der Waals surface area contributed by atoms with Crippen molar-refractivity contribution in [3.05, 3.63) is 33.8 Å². The van der Waals surface area contributed by atoms with Crippen molar-refractivity contribution in [2.75, 3.05) is 7.05 Å². The van der Waals surface area contributed by atoms with E-state index in [1.165, 1.54) is 4.90 Å². The van der Waals surface area contributed by atoms with Gasteiger partial charge in [-0.3, -0.25) is 9.59 Å². The van der Waals surface area contributed by atoms with Gasteiger partial charge in [0.05, 0.1) is 10.0 Å². The Balaban J connectivity index is 2.54. The van der Waals surface area contributed by atoms with E-state index in [1.54, 1.807) is 25.2 Å². The van der Waals surface area contributed by atoms with Crippen LogP contribution < -0.4 is 0 Å². The number of carboxylic acids is 1. The second-order valence-electron chi connectivity index (χ2n) is 4.21.